The van der Waals surface area contributed by atoms with Crippen LogP contribution in [0.5, 0.6) is 17.2 Å². The Morgan fingerprint density at radius 2 is 1.77 bits per heavy atom. The van der Waals surface area contributed by atoms with E-state index in [-0.39, 0.29) is 6.10 Å². The second-order valence-corrected chi connectivity index (χ2v) is 5.12. The monoisotopic (exact) mass is 301 g/mol. The van der Waals surface area contributed by atoms with Gasteiger partial charge in [0.1, 0.15) is 12.4 Å². The van der Waals surface area contributed by atoms with E-state index in [9.17, 15) is 0 Å². The van der Waals surface area contributed by atoms with Crippen LogP contribution in [-0.2, 0) is 0 Å². The van der Waals surface area contributed by atoms with Gasteiger partial charge in [0.05, 0.1) is 13.2 Å². The van der Waals surface area contributed by atoms with E-state index < -0.39 is 0 Å². The second kappa shape index (κ2) is 8.17. The first-order valence-corrected chi connectivity index (χ1v) is 7.45. The number of para-hydroxylation sites is 2. The van der Waals surface area contributed by atoms with Crippen molar-refractivity contribution >= 4 is 5.69 Å². The van der Waals surface area contributed by atoms with Crippen molar-refractivity contribution in [2.45, 2.75) is 20.0 Å². The molecule has 0 saturated carbocycles. The zero-order valence-electron chi connectivity index (χ0n) is 13.3. The molecule has 0 spiro atoms. The first-order valence-electron chi connectivity index (χ1n) is 7.45. The largest absolute Gasteiger partial charge is 0.493 e. The van der Waals surface area contributed by atoms with E-state index >= 15 is 0 Å². The molecule has 4 heteroatoms. The van der Waals surface area contributed by atoms with Crippen molar-refractivity contribution in [2.75, 3.05) is 25.6 Å². The first-order chi connectivity index (χ1) is 10.7. The van der Waals surface area contributed by atoms with Crippen molar-refractivity contribution < 1.29 is 14.2 Å². The summed E-state index contributed by atoms with van der Waals surface area (Å²) in [7, 11) is 1.64. The summed E-state index contributed by atoms with van der Waals surface area (Å²) < 4.78 is 16.7. The molecular weight excluding hydrogens is 278 g/mol. The van der Waals surface area contributed by atoms with E-state index in [1.54, 1.807) is 7.11 Å². The fraction of sp³-hybridized carbons (Fsp3) is 0.333. The number of methoxy groups -OCH3 is 1. The van der Waals surface area contributed by atoms with Gasteiger partial charge < -0.3 is 19.5 Å². The van der Waals surface area contributed by atoms with Gasteiger partial charge in [0.2, 0.25) is 0 Å². The summed E-state index contributed by atoms with van der Waals surface area (Å²) in [6, 6.07) is 15.6. The molecule has 0 amide bonds. The number of ether oxygens (including phenoxy) is 3. The van der Waals surface area contributed by atoms with Gasteiger partial charge in [-0.05, 0) is 38.1 Å². The van der Waals surface area contributed by atoms with Gasteiger partial charge in [0.15, 0.2) is 11.5 Å². The number of hydrogen-bond acceptors (Lipinski definition) is 4. The highest BCUT2D eigenvalue weighted by molar-refractivity contribution is 5.48. The maximum atomic E-state index is 5.73. The zero-order valence-corrected chi connectivity index (χ0v) is 13.3. The van der Waals surface area contributed by atoms with Crippen LogP contribution in [0, 0.1) is 0 Å². The highest BCUT2D eigenvalue weighted by Gasteiger charge is 2.02. The van der Waals surface area contributed by atoms with Crippen molar-refractivity contribution in [2.24, 2.45) is 0 Å². The molecule has 0 radical (unpaired) electrons. The van der Waals surface area contributed by atoms with Crippen molar-refractivity contribution in [3.8, 4) is 17.2 Å². The molecule has 0 aliphatic carbocycles. The van der Waals surface area contributed by atoms with Gasteiger partial charge in [-0.25, -0.2) is 0 Å². The smallest absolute Gasteiger partial charge is 0.161 e. The van der Waals surface area contributed by atoms with Crippen molar-refractivity contribution in [3.05, 3.63) is 48.5 Å². The Bertz CT molecular complexity index is 584. The molecular formula is C18H23NO3. The van der Waals surface area contributed by atoms with Crippen LogP contribution in [0.1, 0.15) is 13.8 Å². The predicted octanol–water partition coefficient (Wildman–Crippen LogP) is 3.97. The lowest BCUT2D eigenvalue weighted by atomic mass is 10.3. The van der Waals surface area contributed by atoms with Crippen LogP contribution >= 0.6 is 0 Å². The van der Waals surface area contributed by atoms with E-state index in [2.05, 4.69) is 5.32 Å². The summed E-state index contributed by atoms with van der Waals surface area (Å²) in [5, 5.41) is 3.32. The van der Waals surface area contributed by atoms with Gasteiger partial charge >= 0.3 is 0 Å². The first kappa shape index (κ1) is 16.0. The van der Waals surface area contributed by atoms with Crippen LogP contribution in [0.4, 0.5) is 5.69 Å². The van der Waals surface area contributed by atoms with Crippen LogP contribution in [-0.4, -0.2) is 26.4 Å². The molecule has 2 aromatic carbocycles. The lowest BCUT2D eigenvalue weighted by Gasteiger charge is -2.13. The molecule has 0 saturated heterocycles. The minimum Gasteiger partial charge on any atom is -0.493 e. The Morgan fingerprint density at radius 3 is 2.50 bits per heavy atom. The zero-order chi connectivity index (χ0) is 15.8. The Labute approximate surface area is 132 Å². The Morgan fingerprint density at radius 1 is 1.00 bits per heavy atom. The minimum atomic E-state index is 0.170. The molecule has 0 aromatic heterocycles. The fourth-order valence-electron chi connectivity index (χ4n) is 2.05. The van der Waals surface area contributed by atoms with Gasteiger partial charge in [-0.15, -0.1) is 0 Å². The van der Waals surface area contributed by atoms with Crippen molar-refractivity contribution in [3.63, 3.8) is 0 Å². The molecule has 0 atom stereocenters. The molecule has 22 heavy (non-hydrogen) atoms. The SMILES string of the molecule is COc1ccccc1OCCNc1cccc(OC(C)C)c1. The molecule has 0 heterocycles. The van der Waals surface area contributed by atoms with Crippen LogP contribution in [0.25, 0.3) is 0 Å². The summed E-state index contributed by atoms with van der Waals surface area (Å²) in [6.45, 7) is 5.28. The maximum absolute atomic E-state index is 5.73. The number of anilines is 1. The molecule has 1 N–H and O–H groups in total. The van der Waals surface area contributed by atoms with E-state index in [0.717, 1.165) is 22.9 Å². The molecule has 0 aliphatic rings. The Balaban J connectivity index is 1.81. The molecule has 2 rings (SSSR count). The summed E-state index contributed by atoms with van der Waals surface area (Å²) in [4.78, 5) is 0. The van der Waals surface area contributed by atoms with Crippen LogP contribution in [0.2, 0.25) is 0 Å². The second-order valence-electron chi connectivity index (χ2n) is 5.12. The normalized spacial score (nSPS) is 10.4. The Hall–Kier alpha value is -2.36. The molecule has 118 valence electrons. The van der Waals surface area contributed by atoms with Gasteiger partial charge in [0, 0.05) is 18.3 Å². The maximum Gasteiger partial charge on any atom is 0.161 e. The van der Waals surface area contributed by atoms with Gasteiger partial charge in [-0.2, -0.15) is 0 Å². The summed E-state index contributed by atoms with van der Waals surface area (Å²) in [6.07, 6.45) is 0.170. The quantitative estimate of drug-likeness (QED) is 0.749. The summed E-state index contributed by atoms with van der Waals surface area (Å²) in [5.41, 5.74) is 1.02. The van der Waals surface area contributed by atoms with Gasteiger partial charge in [0.25, 0.3) is 0 Å². The van der Waals surface area contributed by atoms with Gasteiger partial charge in [-0.1, -0.05) is 18.2 Å². The Kier molecular flexibility index (Phi) is 5.95. The van der Waals surface area contributed by atoms with E-state index in [0.29, 0.717) is 13.2 Å². The average Bonchev–Trinajstić information content (AvgIpc) is 2.51. The molecule has 4 nitrogen and oxygen atoms in total. The minimum absolute atomic E-state index is 0.170. The number of benzene rings is 2. The average molecular weight is 301 g/mol. The predicted molar refractivity (Wildman–Crippen MR) is 89.2 cm³/mol. The van der Waals surface area contributed by atoms with Crippen LogP contribution in [0.3, 0.4) is 0 Å². The van der Waals surface area contributed by atoms with E-state index in [1.807, 2.05) is 62.4 Å². The van der Waals surface area contributed by atoms with Crippen molar-refractivity contribution in [1.29, 1.82) is 0 Å². The lowest BCUT2D eigenvalue weighted by Crippen LogP contribution is -2.12. The van der Waals surface area contributed by atoms with Crippen LogP contribution in [0.15, 0.2) is 48.5 Å². The molecule has 0 fully saturated rings. The topological polar surface area (TPSA) is 39.7 Å². The van der Waals surface area contributed by atoms with E-state index in [4.69, 9.17) is 14.2 Å². The molecule has 0 bridgehead atoms. The molecule has 0 aliphatic heterocycles. The number of nitrogens with one attached hydrogen (secondary N) is 1. The third kappa shape index (κ3) is 4.88. The molecule has 0 unspecified atom stereocenters. The standard InChI is InChI=1S/C18H23NO3/c1-14(2)22-16-8-6-7-15(13-16)19-11-12-21-18-10-5-4-9-17(18)20-3/h4-10,13-14,19H,11-12H2,1-3H3. The summed E-state index contributed by atoms with van der Waals surface area (Å²) >= 11 is 0. The highest BCUT2D eigenvalue weighted by atomic mass is 16.5. The van der Waals surface area contributed by atoms with E-state index in [1.165, 1.54) is 0 Å². The molecule has 2 aromatic rings. The highest BCUT2D eigenvalue weighted by Crippen LogP contribution is 2.25. The van der Waals surface area contributed by atoms with Crippen molar-refractivity contribution in [1.82, 2.24) is 0 Å². The fourth-order valence-corrected chi connectivity index (χ4v) is 2.05. The number of hydrogen-bond donors (Lipinski definition) is 1. The summed E-state index contributed by atoms with van der Waals surface area (Å²) in [5.74, 6) is 2.36. The number of rotatable bonds is 8. The third-order valence-electron chi connectivity index (χ3n) is 2.96. The van der Waals surface area contributed by atoms with Crippen LogP contribution < -0.4 is 19.5 Å². The van der Waals surface area contributed by atoms with Gasteiger partial charge in [-0.3, -0.25) is 0 Å². The third-order valence-corrected chi connectivity index (χ3v) is 2.96. The lowest BCUT2D eigenvalue weighted by molar-refractivity contribution is 0.242.